The molecule has 0 bridgehead atoms. The Morgan fingerprint density at radius 1 is 1.58 bits per heavy atom. The zero-order valence-electron chi connectivity index (χ0n) is 7.33. The number of thioether (sulfide) groups is 1. The van der Waals surface area contributed by atoms with Gasteiger partial charge in [-0.05, 0) is 25.3 Å². The summed E-state index contributed by atoms with van der Waals surface area (Å²) in [7, 11) is 0. The molecule has 1 N–H and O–H groups in total. The second-order valence-electron chi connectivity index (χ2n) is 3.73. The molecule has 0 radical (unpaired) electrons. The predicted octanol–water partition coefficient (Wildman–Crippen LogP) is 2.86. The maximum absolute atomic E-state index is 3.61. The Labute approximate surface area is 81.6 Å². The molecule has 3 heteroatoms. The van der Waals surface area contributed by atoms with E-state index in [1.807, 2.05) is 23.1 Å². The summed E-state index contributed by atoms with van der Waals surface area (Å²) in [6.45, 7) is 4.52. The van der Waals surface area contributed by atoms with E-state index in [-0.39, 0.29) is 0 Å². The van der Waals surface area contributed by atoms with Gasteiger partial charge in [-0.25, -0.2) is 0 Å². The first-order valence-corrected chi connectivity index (χ1v) is 6.03. The van der Waals surface area contributed by atoms with Crippen molar-refractivity contribution in [2.75, 3.05) is 5.75 Å². The summed E-state index contributed by atoms with van der Waals surface area (Å²) in [5, 5.41) is 6.28. The van der Waals surface area contributed by atoms with Crippen LogP contribution < -0.4 is 5.32 Å². The van der Waals surface area contributed by atoms with Gasteiger partial charge in [-0.15, -0.1) is 23.1 Å². The van der Waals surface area contributed by atoms with Crippen LogP contribution in [0.4, 0.5) is 0 Å². The van der Waals surface area contributed by atoms with E-state index in [0.29, 0.717) is 10.9 Å². The topological polar surface area (TPSA) is 12.0 Å². The molecule has 0 aromatic carbocycles. The van der Waals surface area contributed by atoms with Gasteiger partial charge in [0.05, 0.1) is 5.37 Å². The number of thiophene rings is 1. The second-order valence-corrected chi connectivity index (χ2v) is 5.81. The van der Waals surface area contributed by atoms with Crippen molar-refractivity contribution in [3.8, 4) is 0 Å². The molecule has 0 aliphatic carbocycles. The molecule has 12 heavy (non-hydrogen) atoms. The first-order chi connectivity index (χ1) is 5.67. The lowest BCUT2D eigenvalue weighted by Gasteiger charge is -2.17. The molecule has 1 unspecified atom stereocenters. The van der Waals surface area contributed by atoms with Gasteiger partial charge in [0.2, 0.25) is 0 Å². The highest BCUT2D eigenvalue weighted by atomic mass is 32.2. The quantitative estimate of drug-likeness (QED) is 0.746. The van der Waals surface area contributed by atoms with Crippen LogP contribution in [0.5, 0.6) is 0 Å². The molecule has 1 nitrogen and oxygen atoms in total. The van der Waals surface area contributed by atoms with Crippen LogP contribution in [0.2, 0.25) is 0 Å². The Bertz CT molecular complexity index is 254. The van der Waals surface area contributed by atoms with Crippen LogP contribution in [0.25, 0.3) is 0 Å². The average Bonchev–Trinajstić information content (AvgIpc) is 2.55. The van der Waals surface area contributed by atoms with Crippen LogP contribution in [0.15, 0.2) is 17.5 Å². The van der Waals surface area contributed by atoms with E-state index in [4.69, 9.17) is 0 Å². The third-order valence-electron chi connectivity index (χ3n) is 1.93. The Kier molecular flexibility index (Phi) is 2.19. The van der Waals surface area contributed by atoms with Gasteiger partial charge in [0.1, 0.15) is 0 Å². The van der Waals surface area contributed by atoms with Gasteiger partial charge in [0, 0.05) is 16.2 Å². The maximum atomic E-state index is 3.61. The van der Waals surface area contributed by atoms with Crippen molar-refractivity contribution in [1.82, 2.24) is 5.32 Å². The summed E-state index contributed by atoms with van der Waals surface area (Å²) in [5.41, 5.74) is 0.305. The molecule has 1 aromatic heterocycles. The molecule has 1 fully saturated rings. The van der Waals surface area contributed by atoms with Gasteiger partial charge in [-0.3, -0.25) is 5.32 Å². The summed E-state index contributed by atoms with van der Waals surface area (Å²) in [5.74, 6) is 1.20. The third kappa shape index (κ3) is 1.68. The van der Waals surface area contributed by atoms with E-state index in [2.05, 4.69) is 36.7 Å². The fraction of sp³-hybridized carbons (Fsp3) is 0.556. The van der Waals surface area contributed by atoms with Gasteiger partial charge < -0.3 is 0 Å². The Balaban J connectivity index is 2.10. The minimum Gasteiger partial charge on any atom is -0.295 e. The molecule has 1 aliphatic heterocycles. The van der Waals surface area contributed by atoms with E-state index >= 15 is 0 Å². The van der Waals surface area contributed by atoms with Gasteiger partial charge >= 0.3 is 0 Å². The number of nitrogens with one attached hydrogen (secondary N) is 1. The van der Waals surface area contributed by atoms with Crippen molar-refractivity contribution >= 4 is 23.1 Å². The van der Waals surface area contributed by atoms with Crippen molar-refractivity contribution in [2.24, 2.45) is 0 Å². The van der Waals surface area contributed by atoms with Gasteiger partial charge in [-0.1, -0.05) is 6.07 Å². The zero-order chi connectivity index (χ0) is 8.60. The largest absolute Gasteiger partial charge is 0.295 e. The first kappa shape index (κ1) is 8.60. The average molecular weight is 199 g/mol. The van der Waals surface area contributed by atoms with Crippen molar-refractivity contribution in [1.29, 1.82) is 0 Å². The van der Waals surface area contributed by atoms with E-state index in [0.717, 1.165) is 0 Å². The normalized spacial score (nSPS) is 27.7. The standard InChI is InChI=1S/C9H13NS2/c1-9(2)6-12-8(10-9)7-4-3-5-11-7/h3-5,8,10H,6H2,1-2H3. The summed E-state index contributed by atoms with van der Waals surface area (Å²) in [6, 6.07) is 4.32. The molecule has 2 heterocycles. The highest BCUT2D eigenvalue weighted by molar-refractivity contribution is 7.99. The molecule has 0 spiro atoms. The molecule has 2 rings (SSSR count). The van der Waals surface area contributed by atoms with Crippen LogP contribution in [0.3, 0.4) is 0 Å². The van der Waals surface area contributed by atoms with Gasteiger partial charge in [0.25, 0.3) is 0 Å². The van der Waals surface area contributed by atoms with Crippen LogP contribution in [-0.2, 0) is 0 Å². The molecular formula is C9H13NS2. The van der Waals surface area contributed by atoms with Crippen molar-refractivity contribution in [3.63, 3.8) is 0 Å². The first-order valence-electron chi connectivity index (χ1n) is 4.10. The Morgan fingerprint density at radius 2 is 2.42 bits per heavy atom. The molecular weight excluding hydrogens is 186 g/mol. The maximum Gasteiger partial charge on any atom is 0.0887 e. The van der Waals surface area contributed by atoms with Crippen LogP contribution in [0, 0.1) is 0 Å². The third-order valence-corrected chi connectivity index (χ3v) is 4.61. The van der Waals surface area contributed by atoms with Crippen molar-refractivity contribution < 1.29 is 0 Å². The number of hydrogen-bond donors (Lipinski definition) is 1. The molecule has 1 atom stereocenters. The van der Waals surface area contributed by atoms with Gasteiger partial charge in [-0.2, -0.15) is 0 Å². The SMILES string of the molecule is CC1(C)CSC(c2cccs2)N1. The second kappa shape index (κ2) is 3.05. The van der Waals surface area contributed by atoms with Gasteiger partial charge in [0.15, 0.2) is 0 Å². The lowest BCUT2D eigenvalue weighted by molar-refractivity contribution is 0.454. The minimum absolute atomic E-state index is 0.305. The fourth-order valence-corrected chi connectivity index (χ4v) is 3.66. The highest BCUT2D eigenvalue weighted by Gasteiger charge is 2.31. The summed E-state index contributed by atoms with van der Waals surface area (Å²) < 4.78 is 0. The molecule has 66 valence electrons. The summed E-state index contributed by atoms with van der Waals surface area (Å²) >= 11 is 3.84. The Hall–Kier alpha value is 0.01000. The molecule has 1 aliphatic rings. The van der Waals surface area contributed by atoms with Crippen LogP contribution in [0.1, 0.15) is 24.1 Å². The summed E-state index contributed by atoms with van der Waals surface area (Å²) in [6.07, 6.45) is 0. The minimum atomic E-state index is 0.305. The van der Waals surface area contributed by atoms with E-state index < -0.39 is 0 Å². The van der Waals surface area contributed by atoms with Crippen LogP contribution >= 0.6 is 23.1 Å². The lowest BCUT2D eigenvalue weighted by atomic mass is 10.1. The molecule has 0 amide bonds. The smallest absolute Gasteiger partial charge is 0.0887 e. The van der Waals surface area contributed by atoms with E-state index in [1.165, 1.54) is 10.6 Å². The van der Waals surface area contributed by atoms with Crippen LogP contribution in [-0.4, -0.2) is 11.3 Å². The van der Waals surface area contributed by atoms with Crippen molar-refractivity contribution in [3.05, 3.63) is 22.4 Å². The lowest BCUT2D eigenvalue weighted by Crippen LogP contribution is -2.35. The molecule has 1 aromatic rings. The Morgan fingerprint density at radius 3 is 2.92 bits per heavy atom. The fourth-order valence-electron chi connectivity index (χ4n) is 1.32. The zero-order valence-corrected chi connectivity index (χ0v) is 8.97. The highest BCUT2D eigenvalue weighted by Crippen LogP contribution is 2.38. The predicted molar refractivity (Wildman–Crippen MR) is 56.7 cm³/mol. The number of rotatable bonds is 1. The molecule has 0 saturated carbocycles. The van der Waals surface area contributed by atoms with E-state index in [1.54, 1.807) is 0 Å². The monoisotopic (exact) mass is 199 g/mol. The number of hydrogen-bond acceptors (Lipinski definition) is 3. The van der Waals surface area contributed by atoms with E-state index in [9.17, 15) is 0 Å². The summed E-state index contributed by atoms with van der Waals surface area (Å²) in [4.78, 5) is 1.45. The molecule has 1 saturated heterocycles. The van der Waals surface area contributed by atoms with Crippen molar-refractivity contribution in [2.45, 2.75) is 24.8 Å².